The standard InChI is InChI=1S/C12H11ClF2N2O/c1-16-7-5-8(12(14)15)17-11-6(13)3-4-9(18-2)10(7)11/h3-5,12H,1-2H3,(H,16,17). The number of nitrogens with one attached hydrogen (secondary N) is 1. The zero-order valence-electron chi connectivity index (χ0n) is 9.80. The summed E-state index contributed by atoms with van der Waals surface area (Å²) < 4.78 is 30.7. The molecule has 6 heteroatoms. The van der Waals surface area contributed by atoms with E-state index in [1.807, 2.05) is 0 Å². The van der Waals surface area contributed by atoms with Crippen molar-refractivity contribution in [1.29, 1.82) is 0 Å². The Balaban J connectivity index is 2.86. The van der Waals surface area contributed by atoms with Gasteiger partial charge in [0, 0.05) is 12.7 Å². The fourth-order valence-corrected chi connectivity index (χ4v) is 1.98. The summed E-state index contributed by atoms with van der Waals surface area (Å²) in [6.07, 6.45) is -2.65. The first-order chi connectivity index (χ1) is 8.58. The molecule has 0 bridgehead atoms. The summed E-state index contributed by atoms with van der Waals surface area (Å²) in [6, 6.07) is 4.55. The van der Waals surface area contributed by atoms with Crippen molar-refractivity contribution >= 4 is 28.2 Å². The molecule has 0 saturated heterocycles. The van der Waals surface area contributed by atoms with E-state index in [0.29, 0.717) is 27.4 Å². The first-order valence-corrected chi connectivity index (χ1v) is 5.59. The third-order valence-electron chi connectivity index (χ3n) is 2.61. The number of methoxy groups -OCH3 is 1. The van der Waals surface area contributed by atoms with E-state index in [9.17, 15) is 8.78 Å². The molecule has 0 aliphatic carbocycles. The zero-order valence-corrected chi connectivity index (χ0v) is 10.6. The van der Waals surface area contributed by atoms with Crippen molar-refractivity contribution in [2.75, 3.05) is 19.5 Å². The molecule has 1 N–H and O–H groups in total. The van der Waals surface area contributed by atoms with Crippen LogP contribution < -0.4 is 10.1 Å². The number of pyridine rings is 1. The van der Waals surface area contributed by atoms with Gasteiger partial charge in [-0.1, -0.05) is 11.6 Å². The zero-order chi connectivity index (χ0) is 13.3. The number of benzene rings is 1. The summed E-state index contributed by atoms with van der Waals surface area (Å²) in [6.45, 7) is 0. The second-order valence-electron chi connectivity index (χ2n) is 3.62. The average Bonchev–Trinajstić information content (AvgIpc) is 2.38. The SMILES string of the molecule is CNc1cc(C(F)F)nc2c(Cl)ccc(OC)c12. The highest BCUT2D eigenvalue weighted by molar-refractivity contribution is 6.35. The van der Waals surface area contributed by atoms with E-state index in [2.05, 4.69) is 10.3 Å². The normalized spacial score (nSPS) is 11.0. The molecule has 2 rings (SSSR count). The van der Waals surface area contributed by atoms with Gasteiger partial charge in [-0.25, -0.2) is 13.8 Å². The molecule has 96 valence electrons. The van der Waals surface area contributed by atoms with Gasteiger partial charge < -0.3 is 10.1 Å². The molecule has 18 heavy (non-hydrogen) atoms. The van der Waals surface area contributed by atoms with Crippen LogP contribution in [0, 0.1) is 0 Å². The predicted octanol–water partition coefficient (Wildman–Crippen LogP) is 3.88. The lowest BCUT2D eigenvalue weighted by atomic mass is 10.1. The van der Waals surface area contributed by atoms with Crippen LogP contribution in [0.1, 0.15) is 12.1 Å². The predicted molar refractivity (Wildman–Crippen MR) is 67.8 cm³/mol. The Morgan fingerprint density at radius 1 is 1.39 bits per heavy atom. The Bertz CT molecular complexity index is 590. The van der Waals surface area contributed by atoms with Crippen molar-refractivity contribution in [3.8, 4) is 5.75 Å². The van der Waals surface area contributed by atoms with Gasteiger partial charge in [-0.2, -0.15) is 0 Å². The number of aromatic nitrogens is 1. The van der Waals surface area contributed by atoms with E-state index in [0.717, 1.165) is 0 Å². The molecule has 3 nitrogen and oxygen atoms in total. The molecule has 0 atom stereocenters. The van der Waals surface area contributed by atoms with Crippen LogP contribution in [0.3, 0.4) is 0 Å². The lowest BCUT2D eigenvalue weighted by Gasteiger charge is -2.13. The Hall–Kier alpha value is -1.62. The number of rotatable bonds is 3. The number of hydrogen-bond acceptors (Lipinski definition) is 3. The van der Waals surface area contributed by atoms with Crippen molar-refractivity contribution in [2.24, 2.45) is 0 Å². The van der Waals surface area contributed by atoms with Crippen molar-refractivity contribution in [3.05, 3.63) is 28.9 Å². The van der Waals surface area contributed by atoms with E-state index in [1.54, 1.807) is 19.2 Å². The minimum atomic E-state index is -2.65. The molecule has 0 aliphatic rings. The Labute approximate surface area is 108 Å². The molecule has 1 aromatic heterocycles. The van der Waals surface area contributed by atoms with E-state index in [4.69, 9.17) is 16.3 Å². The maximum atomic E-state index is 12.8. The quantitative estimate of drug-likeness (QED) is 0.921. The molecule has 2 aromatic rings. The molecular weight excluding hydrogens is 262 g/mol. The third kappa shape index (κ3) is 2.06. The van der Waals surface area contributed by atoms with Gasteiger partial charge >= 0.3 is 0 Å². The van der Waals surface area contributed by atoms with Crippen LogP contribution in [0.25, 0.3) is 10.9 Å². The van der Waals surface area contributed by atoms with Gasteiger partial charge in [0.05, 0.1) is 23.0 Å². The van der Waals surface area contributed by atoms with Gasteiger partial charge in [-0.3, -0.25) is 0 Å². The molecule has 0 radical (unpaired) electrons. The van der Waals surface area contributed by atoms with Gasteiger partial charge in [-0.05, 0) is 18.2 Å². The number of nitrogens with zero attached hydrogens (tertiary/aromatic N) is 1. The van der Waals surface area contributed by atoms with E-state index >= 15 is 0 Å². The monoisotopic (exact) mass is 272 g/mol. The van der Waals surface area contributed by atoms with Crippen LogP contribution in [0.5, 0.6) is 5.75 Å². The van der Waals surface area contributed by atoms with Crippen molar-refractivity contribution in [3.63, 3.8) is 0 Å². The molecule has 0 amide bonds. The van der Waals surface area contributed by atoms with Gasteiger partial charge in [0.1, 0.15) is 11.4 Å². The maximum Gasteiger partial charge on any atom is 0.280 e. The highest BCUT2D eigenvalue weighted by Gasteiger charge is 2.17. The summed E-state index contributed by atoms with van der Waals surface area (Å²) >= 11 is 6.00. The van der Waals surface area contributed by atoms with Crippen molar-refractivity contribution in [1.82, 2.24) is 4.98 Å². The van der Waals surface area contributed by atoms with Gasteiger partial charge in [0.25, 0.3) is 6.43 Å². The highest BCUT2D eigenvalue weighted by atomic mass is 35.5. The van der Waals surface area contributed by atoms with Gasteiger partial charge in [0.2, 0.25) is 0 Å². The lowest BCUT2D eigenvalue weighted by molar-refractivity contribution is 0.146. The van der Waals surface area contributed by atoms with Crippen LogP contribution >= 0.6 is 11.6 Å². The number of fused-ring (bicyclic) bond motifs is 1. The topological polar surface area (TPSA) is 34.2 Å². The Morgan fingerprint density at radius 3 is 2.67 bits per heavy atom. The van der Waals surface area contributed by atoms with Crippen LogP contribution in [-0.4, -0.2) is 19.1 Å². The number of anilines is 1. The number of halogens is 3. The molecule has 1 heterocycles. The van der Waals surface area contributed by atoms with Crippen molar-refractivity contribution in [2.45, 2.75) is 6.43 Å². The van der Waals surface area contributed by atoms with Crippen LogP contribution in [0.4, 0.5) is 14.5 Å². The van der Waals surface area contributed by atoms with Crippen LogP contribution in [0.15, 0.2) is 18.2 Å². The summed E-state index contributed by atoms with van der Waals surface area (Å²) in [5, 5.41) is 3.76. The summed E-state index contributed by atoms with van der Waals surface area (Å²) in [4.78, 5) is 3.89. The molecule has 0 fully saturated rings. The molecule has 1 aromatic carbocycles. The van der Waals surface area contributed by atoms with Crippen LogP contribution in [0.2, 0.25) is 5.02 Å². The maximum absolute atomic E-state index is 12.8. The minimum Gasteiger partial charge on any atom is -0.496 e. The Kier molecular flexibility index (Phi) is 3.52. The third-order valence-corrected chi connectivity index (χ3v) is 2.91. The number of ether oxygens (including phenoxy) is 1. The fourth-order valence-electron chi connectivity index (χ4n) is 1.78. The molecule has 0 spiro atoms. The summed E-state index contributed by atoms with van der Waals surface area (Å²) in [5.74, 6) is 0.534. The fraction of sp³-hybridized carbons (Fsp3) is 0.250. The molecular formula is C12H11ClF2N2O. The average molecular weight is 273 g/mol. The van der Waals surface area contributed by atoms with Gasteiger partial charge in [-0.15, -0.1) is 0 Å². The summed E-state index contributed by atoms with van der Waals surface area (Å²) in [5.41, 5.74) is 0.495. The van der Waals surface area contributed by atoms with Crippen LogP contribution in [-0.2, 0) is 0 Å². The van der Waals surface area contributed by atoms with E-state index in [1.165, 1.54) is 13.2 Å². The summed E-state index contributed by atoms with van der Waals surface area (Å²) in [7, 11) is 3.15. The van der Waals surface area contributed by atoms with Gasteiger partial charge in [0.15, 0.2) is 0 Å². The second kappa shape index (κ2) is 4.94. The molecule has 0 saturated carbocycles. The second-order valence-corrected chi connectivity index (χ2v) is 4.03. The number of alkyl halides is 2. The first kappa shape index (κ1) is 12.8. The smallest absolute Gasteiger partial charge is 0.280 e. The lowest BCUT2D eigenvalue weighted by Crippen LogP contribution is -1.99. The largest absolute Gasteiger partial charge is 0.496 e. The van der Waals surface area contributed by atoms with E-state index in [-0.39, 0.29) is 5.69 Å². The number of hydrogen-bond donors (Lipinski definition) is 1. The minimum absolute atomic E-state index is 0.304. The van der Waals surface area contributed by atoms with Crippen molar-refractivity contribution < 1.29 is 13.5 Å². The molecule has 0 unspecified atom stereocenters. The molecule has 0 aliphatic heterocycles. The van der Waals surface area contributed by atoms with E-state index < -0.39 is 6.43 Å². The first-order valence-electron chi connectivity index (χ1n) is 5.21. The Morgan fingerprint density at radius 2 is 2.11 bits per heavy atom. The highest BCUT2D eigenvalue weighted by Crippen LogP contribution is 2.37.